The van der Waals surface area contributed by atoms with Crippen molar-refractivity contribution in [3.05, 3.63) is 41.6 Å². The standard InChI is InChI=1S/C23H33N7O/c1-14-17-9-16(23(17,2)3)10-18(14)28-19-11-20(25-4)30(29-22(19)24)13-21(31)27-12-15-5-7-26-8-6-15/h5-8,11,14,16-18,28H,9-10,12-13H2,1-4H3,(H2,24,29)(H,27,31)/t14?,16-,17+,18+/m0/s1. The molecule has 2 aromatic heterocycles. The molecule has 1 unspecified atom stereocenters. The molecule has 0 saturated heterocycles. The number of amides is 1. The van der Waals surface area contributed by atoms with Crippen LogP contribution in [0.25, 0.3) is 0 Å². The number of nitrogen functional groups attached to an aromatic ring is 1. The van der Waals surface area contributed by atoms with Crippen LogP contribution in [0.3, 0.4) is 0 Å². The Morgan fingerprint density at radius 3 is 2.71 bits per heavy atom. The van der Waals surface area contributed by atoms with E-state index in [4.69, 9.17) is 5.73 Å². The molecule has 166 valence electrons. The summed E-state index contributed by atoms with van der Waals surface area (Å²) in [5.41, 5.74) is 9.11. The summed E-state index contributed by atoms with van der Waals surface area (Å²) in [6.45, 7) is 7.63. The highest BCUT2D eigenvalue weighted by molar-refractivity contribution is 5.75. The molecule has 8 heteroatoms. The van der Waals surface area contributed by atoms with E-state index in [0.29, 0.717) is 35.2 Å². The van der Waals surface area contributed by atoms with Crippen LogP contribution in [-0.4, -0.2) is 33.8 Å². The molecule has 2 aromatic rings. The third-order valence-electron chi connectivity index (χ3n) is 7.50. The molecule has 5 rings (SSSR count). The minimum atomic E-state index is -0.150. The summed E-state index contributed by atoms with van der Waals surface area (Å²) in [6.07, 6.45) is 5.89. The predicted molar refractivity (Wildman–Crippen MR) is 121 cm³/mol. The normalized spacial score (nSPS) is 26.8. The Balaban J connectivity index is 1.43. The second-order valence-corrected chi connectivity index (χ2v) is 9.52. The van der Waals surface area contributed by atoms with Crippen molar-refractivity contribution in [1.82, 2.24) is 20.1 Å². The van der Waals surface area contributed by atoms with Crippen LogP contribution in [0.15, 0.2) is 35.6 Å². The van der Waals surface area contributed by atoms with Crippen LogP contribution in [0.2, 0.25) is 0 Å². The summed E-state index contributed by atoms with van der Waals surface area (Å²) in [6, 6.07) is 6.02. The molecule has 0 aliphatic heterocycles. The molecular weight excluding hydrogens is 390 g/mol. The number of fused-ring (bicyclic) bond motifs is 2. The van der Waals surface area contributed by atoms with Gasteiger partial charge in [-0.15, -0.1) is 0 Å². The Kier molecular flexibility index (Phi) is 5.73. The molecule has 3 fully saturated rings. The number of hydrogen-bond donors (Lipinski definition) is 3. The van der Waals surface area contributed by atoms with Gasteiger partial charge < -0.3 is 16.4 Å². The molecular formula is C23H33N7O. The fraction of sp³-hybridized carbons (Fsp3) is 0.565. The third kappa shape index (κ3) is 4.16. The molecule has 3 aliphatic carbocycles. The molecule has 0 spiro atoms. The monoisotopic (exact) mass is 423 g/mol. The van der Waals surface area contributed by atoms with Crippen LogP contribution in [0.4, 0.5) is 11.5 Å². The summed E-state index contributed by atoms with van der Waals surface area (Å²) in [5.74, 6) is 2.31. The summed E-state index contributed by atoms with van der Waals surface area (Å²) in [7, 11) is 1.70. The van der Waals surface area contributed by atoms with E-state index in [1.165, 1.54) is 6.42 Å². The number of carbonyl (C=O) groups excluding carboxylic acids is 1. The van der Waals surface area contributed by atoms with Gasteiger partial charge in [-0.05, 0) is 53.7 Å². The van der Waals surface area contributed by atoms with E-state index in [2.05, 4.69) is 46.5 Å². The highest BCUT2D eigenvalue weighted by atomic mass is 16.2. The lowest BCUT2D eigenvalue weighted by atomic mass is 9.45. The largest absolute Gasteiger partial charge is 0.381 e. The van der Waals surface area contributed by atoms with Gasteiger partial charge in [-0.2, -0.15) is 5.10 Å². The molecule has 31 heavy (non-hydrogen) atoms. The van der Waals surface area contributed by atoms with Crippen molar-refractivity contribution >= 4 is 17.4 Å². The van der Waals surface area contributed by atoms with Gasteiger partial charge in [0.05, 0.1) is 5.69 Å². The van der Waals surface area contributed by atoms with Crippen molar-refractivity contribution in [2.45, 2.75) is 52.7 Å². The Morgan fingerprint density at radius 1 is 1.32 bits per heavy atom. The lowest BCUT2D eigenvalue weighted by Gasteiger charge is -2.62. The van der Waals surface area contributed by atoms with Crippen LogP contribution >= 0.6 is 0 Å². The SMILES string of the molecule is CN=c1cc(N[C@@H]2C[C@@H]3C[C@H](C2C)C3(C)C)c(N)nn1CC(=O)NCc1ccncc1. The van der Waals surface area contributed by atoms with Crippen molar-refractivity contribution in [1.29, 1.82) is 0 Å². The average molecular weight is 424 g/mol. The topological polar surface area (TPSA) is 110 Å². The molecule has 0 aromatic carbocycles. The number of carbonyl (C=O) groups is 1. The van der Waals surface area contributed by atoms with Gasteiger partial charge in [0.15, 0.2) is 5.82 Å². The Hall–Kier alpha value is -2.90. The lowest BCUT2D eigenvalue weighted by molar-refractivity contribution is -0.122. The first-order valence-electron chi connectivity index (χ1n) is 11.0. The molecule has 0 radical (unpaired) electrons. The van der Waals surface area contributed by atoms with E-state index in [1.54, 1.807) is 24.1 Å². The van der Waals surface area contributed by atoms with Crippen LogP contribution in [0.1, 0.15) is 39.2 Å². The molecule has 1 amide bonds. The minimum absolute atomic E-state index is 0.0560. The summed E-state index contributed by atoms with van der Waals surface area (Å²) >= 11 is 0. The van der Waals surface area contributed by atoms with Gasteiger partial charge in [-0.1, -0.05) is 20.8 Å². The minimum Gasteiger partial charge on any atom is -0.381 e. The van der Waals surface area contributed by atoms with Crippen molar-refractivity contribution < 1.29 is 4.79 Å². The first-order valence-corrected chi connectivity index (χ1v) is 11.0. The Labute approximate surface area is 183 Å². The van der Waals surface area contributed by atoms with Crippen molar-refractivity contribution in [3.8, 4) is 0 Å². The number of aromatic nitrogens is 3. The van der Waals surface area contributed by atoms with E-state index < -0.39 is 0 Å². The fourth-order valence-corrected chi connectivity index (χ4v) is 5.36. The molecule has 3 saturated carbocycles. The summed E-state index contributed by atoms with van der Waals surface area (Å²) in [5, 5.41) is 11.0. The van der Waals surface area contributed by atoms with Crippen molar-refractivity contribution in [2.75, 3.05) is 18.1 Å². The maximum absolute atomic E-state index is 12.4. The van der Waals surface area contributed by atoms with Gasteiger partial charge in [-0.25, -0.2) is 4.68 Å². The second kappa shape index (κ2) is 8.32. The second-order valence-electron chi connectivity index (χ2n) is 9.52. The maximum atomic E-state index is 12.4. The number of hydrogen-bond acceptors (Lipinski definition) is 6. The third-order valence-corrected chi connectivity index (χ3v) is 7.50. The molecule has 4 atom stereocenters. The number of rotatable bonds is 6. The van der Waals surface area contributed by atoms with Gasteiger partial charge in [0.25, 0.3) is 0 Å². The zero-order valence-electron chi connectivity index (χ0n) is 18.8. The van der Waals surface area contributed by atoms with Crippen molar-refractivity contribution in [2.24, 2.45) is 28.2 Å². The zero-order chi connectivity index (χ0) is 22.2. The highest BCUT2D eigenvalue weighted by Crippen LogP contribution is 2.61. The van der Waals surface area contributed by atoms with Gasteiger partial charge >= 0.3 is 0 Å². The van der Waals surface area contributed by atoms with Gasteiger partial charge in [-0.3, -0.25) is 14.8 Å². The fourth-order valence-electron chi connectivity index (χ4n) is 5.36. The van der Waals surface area contributed by atoms with Crippen molar-refractivity contribution in [3.63, 3.8) is 0 Å². The maximum Gasteiger partial charge on any atom is 0.242 e. The smallest absolute Gasteiger partial charge is 0.242 e. The first-order chi connectivity index (χ1) is 14.8. The van der Waals surface area contributed by atoms with Crippen LogP contribution in [0.5, 0.6) is 0 Å². The van der Waals surface area contributed by atoms with E-state index >= 15 is 0 Å². The average Bonchev–Trinajstić information content (AvgIpc) is 2.75. The number of nitrogens with zero attached hydrogens (tertiary/aromatic N) is 4. The number of pyridine rings is 1. The van der Waals surface area contributed by atoms with Gasteiger partial charge in [0, 0.05) is 38.1 Å². The lowest BCUT2D eigenvalue weighted by Crippen LogP contribution is -2.58. The van der Waals surface area contributed by atoms with Crippen LogP contribution < -0.4 is 21.9 Å². The van der Waals surface area contributed by atoms with Gasteiger partial charge in [0.2, 0.25) is 5.91 Å². The van der Waals surface area contributed by atoms with Crippen LogP contribution in [0, 0.1) is 23.2 Å². The van der Waals surface area contributed by atoms with E-state index in [0.717, 1.165) is 29.5 Å². The molecule has 4 N–H and O–H groups in total. The predicted octanol–water partition coefficient (Wildman–Crippen LogP) is 2.19. The Bertz CT molecular complexity index is 1010. The zero-order valence-corrected chi connectivity index (χ0v) is 18.8. The Morgan fingerprint density at radius 2 is 2.06 bits per heavy atom. The van der Waals surface area contributed by atoms with E-state index in [1.807, 2.05) is 18.2 Å². The van der Waals surface area contributed by atoms with Gasteiger partial charge in [0.1, 0.15) is 12.0 Å². The molecule has 8 nitrogen and oxygen atoms in total. The summed E-state index contributed by atoms with van der Waals surface area (Å²) in [4.78, 5) is 20.7. The quantitative estimate of drug-likeness (QED) is 0.660. The van der Waals surface area contributed by atoms with Crippen LogP contribution in [-0.2, 0) is 17.9 Å². The number of nitrogens with two attached hydrogens (primary N) is 1. The van der Waals surface area contributed by atoms with E-state index in [-0.39, 0.29) is 12.5 Å². The number of nitrogens with one attached hydrogen (secondary N) is 2. The first kappa shape index (κ1) is 21.3. The summed E-state index contributed by atoms with van der Waals surface area (Å²) < 4.78 is 1.55. The highest BCUT2D eigenvalue weighted by Gasteiger charge is 2.56. The number of anilines is 2. The molecule has 2 heterocycles. The molecule has 3 aliphatic rings. The molecule has 2 bridgehead atoms. The van der Waals surface area contributed by atoms with E-state index in [9.17, 15) is 4.79 Å².